The highest BCUT2D eigenvalue weighted by Gasteiger charge is 2.19. The number of hydrogen-bond acceptors (Lipinski definition) is 3. The molecule has 2 rings (SSSR count). The Morgan fingerprint density at radius 3 is 3.00 bits per heavy atom. The van der Waals surface area contributed by atoms with Gasteiger partial charge in [0.1, 0.15) is 0 Å². The first-order valence-corrected chi connectivity index (χ1v) is 9.15. The number of aromatic nitrogens is 1. The Hall–Kier alpha value is -0.740. The average Bonchev–Trinajstić information content (AvgIpc) is 2.46. The minimum atomic E-state index is 0.0261. The maximum Gasteiger partial charge on any atom is 0.248 e. The minimum Gasteiger partial charge on any atom is -0.326 e. The Kier molecular flexibility index (Phi) is 6.67. The zero-order valence-electron chi connectivity index (χ0n) is 12.4. The first kappa shape index (κ1) is 15.6. The summed E-state index contributed by atoms with van der Waals surface area (Å²) in [6.45, 7) is 1.09. The second-order valence-electron chi connectivity index (χ2n) is 5.56. The normalized spacial score (nSPS) is 17.9. The van der Waals surface area contributed by atoms with E-state index in [9.17, 15) is 4.79 Å². The van der Waals surface area contributed by atoms with Gasteiger partial charge in [-0.3, -0.25) is 4.79 Å². The van der Waals surface area contributed by atoms with Crippen LogP contribution in [0.5, 0.6) is 0 Å². The van der Waals surface area contributed by atoms with Crippen LogP contribution in [0, 0.1) is 0 Å². The van der Waals surface area contributed by atoms with E-state index in [1.807, 2.05) is 17.8 Å². The number of fused-ring (bicyclic) bond motifs is 1. The Morgan fingerprint density at radius 2 is 2.15 bits per heavy atom. The third-order valence-corrected chi connectivity index (χ3v) is 4.69. The molecule has 2 N–H and O–H groups in total. The first-order valence-electron chi connectivity index (χ1n) is 7.75. The molecular formula is C16H26N2OS. The number of rotatable bonds is 8. The molecule has 1 aliphatic rings. The van der Waals surface area contributed by atoms with E-state index in [2.05, 4.69) is 16.6 Å². The van der Waals surface area contributed by atoms with Crippen molar-refractivity contribution in [1.82, 2.24) is 10.3 Å². The van der Waals surface area contributed by atoms with Crippen LogP contribution in [0.15, 0.2) is 16.9 Å². The van der Waals surface area contributed by atoms with Crippen molar-refractivity contribution in [3.63, 3.8) is 0 Å². The van der Waals surface area contributed by atoms with Gasteiger partial charge in [0.15, 0.2) is 0 Å². The van der Waals surface area contributed by atoms with Gasteiger partial charge < -0.3 is 10.3 Å². The van der Waals surface area contributed by atoms with Gasteiger partial charge in [-0.1, -0.05) is 18.9 Å². The highest BCUT2D eigenvalue weighted by molar-refractivity contribution is 7.98. The van der Waals surface area contributed by atoms with Crippen LogP contribution in [0.1, 0.15) is 55.8 Å². The molecule has 0 fully saturated rings. The van der Waals surface area contributed by atoms with Crippen LogP contribution in [0.2, 0.25) is 0 Å². The predicted octanol–water partition coefficient (Wildman–Crippen LogP) is 3.27. The summed E-state index contributed by atoms with van der Waals surface area (Å²) in [6.07, 6.45) is 10.8. The number of pyridine rings is 1. The van der Waals surface area contributed by atoms with Gasteiger partial charge >= 0.3 is 0 Å². The third kappa shape index (κ3) is 4.67. The Bertz CT molecular complexity index is 458. The molecule has 20 heavy (non-hydrogen) atoms. The summed E-state index contributed by atoms with van der Waals surface area (Å²) < 4.78 is 0. The molecular weight excluding hydrogens is 268 g/mol. The number of H-pyrrole nitrogens is 1. The van der Waals surface area contributed by atoms with Gasteiger partial charge in [0.25, 0.3) is 0 Å². The number of aryl methyl sites for hydroxylation is 1. The molecule has 0 saturated carbocycles. The van der Waals surface area contributed by atoms with E-state index >= 15 is 0 Å². The molecule has 4 heteroatoms. The summed E-state index contributed by atoms with van der Waals surface area (Å²) in [6, 6.07) is 4.09. The molecule has 1 unspecified atom stereocenters. The van der Waals surface area contributed by atoms with Crippen molar-refractivity contribution in [2.75, 3.05) is 18.6 Å². The van der Waals surface area contributed by atoms with Crippen LogP contribution >= 0.6 is 11.8 Å². The Balaban J connectivity index is 1.73. The van der Waals surface area contributed by atoms with Gasteiger partial charge in [0.05, 0.1) is 0 Å². The molecule has 0 aliphatic heterocycles. The molecule has 0 aromatic carbocycles. The molecule has 112 valence electrons. The van der Waals surface area contributed by atoms with Crippen molar-refractivity contribution >= 4 is 11.8 Å². The van der Waals surface area contributed by atoms with Crippen molar-refractivity contribution in [2.45, 2.75) is 51.0 Å². The number of thioether (sulfide) groups is 1. The Morgan fingerprint density at radius 1 is 1.30 bits per heavy atom. The standard InChI is InChI=1S/C16H26N2OS/c1-20-12-5-3-2-4-11-17-14-7-6-8-15-13(14)9-10-16(19)18-15/h9-10,14,17H,2-8,11-12H2,1H3,(H,18,19). The average molecular weight is 294 g/mol. The molecule has 1 aromatic rings. The molecule has 1 aliphatic carbocycles. The molecule has 0 saturated heterocycles. The van der Waals surface area contributed by atoms with Gasteiger partial charge in [-0.2, -0.15) is 11.8 Å². The topological polar surface area (TPSA) is 44.9 Å². The van der Waals surface area contributed by atoms with Crippen LogP contribution in [0.3, 0.4) is 0 Å². The monoisotopic (exact) mass is 294 g/mol. The lowest BCUT2D eigenvalue weighted by Crippen LogP contribution is -2.28. The summed E-state index contributed by atoms with van der Waals surface area (Å²) in [5.41, 5.74) is 2.47. The van der Waals surface area contributed by atoms with Crippen LogP contribution in [-0.2, 0) is 6.42 Å². The molecule has 0 amide bonds. The molecule has 1 heterocycles. The first-order chi connectivity index (χ1) is 9.81. The van der Waals surface area contributed by atoms with Gasteiger partial charge in [-0.15, -0.1) is 0 Å². The summed E-state index contributed by atoms with van der Waals surface area (Å²) >= 11 is 1.94. The summed E-state index contributed by atoms with van der Waals surface area (Å²) in [7, 11) is 0. The van der Waals surface area contributed by atoms with Crippen molar-refractivity contribution in [3.05, 3.63) is 33.7 Å². The lowest BCUT2D eigenvalue weighted by atomic mass is 9.91. The van der Waals surface area contributed by atoms with E-state index in [0.29, 0.717) is 6.04 Å². The molecule has 0 radical (unpaired) electrons. The third-order valence-electron chi connectivity index (χ3n) is 4.00. The maximum atomic E-state index is 11.4. The molecule has 3 nitrogen and oxygen atoms in total. The van der Waals surface area contributed by atoms with E-state index in [1.165, 1.54) is 49.8 Å². The zero-order valence-corrected chi connectivity index (χ0v) is 13.2. The molecule has 1 atom stereocenters. The zero-order chi connectivity index (χ0) is 14.2. The number of nitrogens with one attached hydrogen (secondary N) is 2. The largest absolute Gasteiger partial charge is 0.326 e. The SMILES string of the molecule is CSCCCCCCNC1CCCc2[nH]c(=O)ccc21. The number of unbranched alkanes of at least 4 members (excludes halogenated alkanes) is 3. The predicted molar refractivity (Wildman–Crippen MR) is 87.6 cm³/mol. The van der Waals surface area contributed by atoms with Crippen molar-refractivity contribution < 1.29 is 0 Å². The molecule has 0 spiro atoms. The van der Waals surface area contributed by atoms with E-state index in [1.54, 1.807) is 6.07 Å². The molecule has 0 bridgehead atoms. The van der Waals surface area contributed by atoms with E-state index in [4.69, 9.17) is 0 Å². The second-order valence-corrected chi connectivity index (χ2v) is 6.55. The lowest BCUT2D eigenvalue weighted by Gasteiger charge is -2.26. The Labute approximate surface area is 125 Å². The van der Waals surface area contributed by atoms with E-state index in [0.717, 1.165) is 18.7 Å². The van der Waals surface area contributed by atoms with Crippen molar-refractivity contribution in [3.8, 4) is 0 Å². The fraction of sp³-hybridized carbons (Fsp3) is 0.688. The summed E-state index contributed by atoms with van der Waals surface area (Å²) in [5, 5.41) is 3.66. The van der Waals surface area contributed by atoms with Crippen molar-refractivity contribution in [2.24, 2.45) is 0 Å². The van der Waals surface area contributed by atoms with Crippen LogP contribution < -0.4 is 10.9 Å². The highest BCUT2D eigenvalue weighted by Crippen LogP contribution is 2.27. The fourth-order valence-corrected chi connectivity index (χ4v) is 3.41. The minimum absolute atomic E-state index is 0.0261. The smallest absolute Gasteiger partial charge is 0.248 e. The second kappa shape index (κ2) is 8.53. The number of hydrogen-bond donors (Lipinski definition) is 2. The highest BCUT2D eigenvalue weighted by atomic mass is 32.2. The number of aromatic amines is 1. The summed E-state index contributed by atoms with van der Waals surface area (Å²) in [4.78, 5) is 14.3. The quantitative estimate of drug-likeness (QED) is 0.723. The van der Waals surface area contributed by atoms with Crippen LogP contribution in [0.4, 0.5) is 0 Å². The van der Waals surface area contributed by atoms with Crippen LogP contribution in [0.25, 0.3) is 0 Å². The van der Waals surface area contributed by atoms with Crippen LogP contribution in [-0.4, -0.2) is 23.5 Å². The van der Waals surface area contributed by atoms with E-state index < -0.39 is 0 Å². The van der Waals surface area contributed by atoms with Crippen molar-refractivity contribution in [1.29, 1.82) is 0 Å². The molecule has 1 aromatic heterocycles. The van der Waals surface area contributed by atoms with Gasteiger partial charge in [-0.25, -0.2) is 0 Å². The van der Waals surface area contributed by atoms with E-state index in [-0.39, 0.29) is 5.56 Å². The lowest BCUT2D eigenvalue weighted by molar-refractivity contribution is 0.445. The van der Waals surface area contributed by atoms with Gasteiger partial charge in [0, 0.05) is 17.8 Å². The maximum absolute atomic E-state index is 11.4. The van der Waals surface area contributed by atoms with Gasteiger partial charge in [-0.05, 0) is 56.2 Å². The summed E-state index contributed by atoms with van der Waals surface area (Å²) in [5.74, 6) is 1.29. The fourth-order valence-electron chi connectivity index (χ4n) is 2.91. The van der Waals surface area contributed by atoms with Gasteiger partial charge in [0.2, 0.25) is 5.56 Å².